The van der Waals surface area contributed by atoms with Crippen LogP contribution in [0.5, 0.6) is 0 Å². The van der Waals surface area contributed by atoms with Gasteiger partial charge in [-0.1, -0.05) is 6.92 Å². The van der Waals surface area contributed by atoms with Gasteiger partial charge in [0.05, 0.1) is 0 Å². The Morgan fingerprint density at radius 2 is 2.15 bits per heavy atom. The fourth-order valence-corrected chi connectivity index (χ4v) is 3.49. The molecule has 2 rings (SSSR count). The highest BCUT2D eigenvalue weighted by Crippen LogP contribution is 2.42. The van der Waals surface area contributed by atoms with Crippen LogP contribution in [-0.2, 0) is 4.79 Å². The normalized spacial score (nSPS) is 17.8. The van der Waals surface area contributed by atoms with Gasteiger partial charge in [-0.2, -0.15) is 0 Å². The molecule has 1 aromatic carbocycles. The average Bonchev–Trinajstić information content (AvgIpc) is 3.23. The maximum Gasteiger partial charge on any atom is 0.325 e. The number of nitrogens with one attached hydrogen (secondary N) is 1. The lowest BCUT2D eigenvalue weighted by atomic mass is 9.96. The maximum atomic E-state index is 13.2. The minimum absolute atomic E-state index is 0.109. The van der Waals surface area contributed by atoms with E-state index in [4.69, 9.17) is 0 Å². The van der Waals surface area contributed by atoms with Gasteiger partial charge in [-0.3, -0.25) is 4.79 Å². The lowest BCUT2D eigenvalue weighted by Gasteiger charge is -2.30. The van der Waals surface area contributed by atoms with Crippen molar-refractivity contribution in [2.24, 2.45) is 5.92 Å². The van der Waals surface area contributed by atoms with Gasteiger partial charge >= 0.3 is 5.97 Å². The first-order valence-corrected chi connectivity index (χ1v) is 7.54. The van der Waals surface area contributed by atoms with E-state index in [1.165, 1.54) is 17.8 Å². The molecule has 110 valence electrons. The molecule has 20 heavy (non-hydrogen) atoms. The number of benzene rings is 1. The van der Waals surface area contributed by atoms with Crippen molar-refractivity contribution in [3.8, 4) is 0 Å². The largest absolute Gasteiger partial charge is 0.480 e. The Hall–Kier alpha value is -1.14. The van der Waals surface area contributed by atoms with Gasteiger partial charge < -0.3 is 10.4 Å². The van der Waals surface area contributed by atoms with Crippen LogP contribution in [0, 0.1) is 17.6 Å². The van der Waals surface area contributed by atoms with E-state index < -0.39 is 23.1 Å². The van der Waals surface area contributed by atoms with Crippen molar-refractivity contribution in [1.82, 2.24) is 5.32 Å². The summed E-state index contributed by atoms with van der Waals surface area (Å²) in [6, 6.07) is 3.63. The number of carboxylic acids is 1. The summed E-state index contributed by atoms with van der Waals surface area (Å²) in [5.74, 6) is -2.28. The highest BCUT2D eigenvalue weighted by Gasteiger charge is 2.50. The molecule has 0 aliphatic heterocycles. The highest BCUT2D eigenvalue weighted by atomic mass is 32.2. The SMILES string of the molecule is CCNC(CSc1ccc(F)c(F)c1)(C(=O)O)C1CC1. The summed E-state index contributed by atoms with van der Waals surface area (Å²) in [7, 11) is 0. The first-order chi connectivity index (χ1) is 9.49. The molecule has 0 saturated heterocycles. The number of likely N-dealkylation sites (N-methyl/N-ethyl adjacent to an activating group) is 1. The summed E-state index contributed by atoms with van der Waals surface area (Å²) in [5, 5.41) is 12.6. The standard InChI is InChI=1S/C14H17F2NO2S/c1-2-17-14(13(18)19,9-3-4-9)8-20-10-5-6-11(15)12(16)7-10/h5-7,9,17H,2-4,8H2,1H3,(H,18,19). The van der Waals surface area contributed by atoms with E-state index in [1.807, 2.05) is 6.92 Å². The summed E-state index contributed by atoms with van der Waals surface area (Å²) in [4.78, 5) is 12.2. The van der Waals surface area contributed by atoms with Crippen molar-refractivity contribution in [2.45, 2.75) is 30.2 Å². The Bertz CT molecular complexity index is 508. The molecule has 3 nitrogen and oxygen atoms in total. The van der Waals surface area contributed by atoms with E-state index in [0.717, 1.165) is 25.0 Å². The van der Waals surface area contributed by atoms with Gasteiger partial charge in [0, 0.05) is 10.6 Å². The van der Waals surface area contributed by atoms with Gasteiger partial charge in [-0.25, -0.2) is 8.78 Å². The van der Waals surface area contributed by atoms with Crippen LogP contribution >= 0.6 is 11.8 Å². The van der Waals surface area contributed by atoms with Crippen LogP contribution in [0.1, 0.15) is 19.8 Å². The van der Waals surface area contributed by atoms with Crippen molar-refractivity contribution in [3.05, 3.63) is 29.8 Å². The zero-order valence-corrected chi connectivity index (χ0v) is 12.0. The summed E-state index contributed by atoms with van der Waals surface area (Å²) in [6.07, 6.45) is 1.77. The fraction of sp³-hybridized carbons (Fsp3) is 0.500. The number of carboxylic acid groups (broad SMARTS) is 1. The molecule has 1 aromatic rings. The van der Waals surface area contributed by atoms with E-state index in [9.17, 15) is 18.7 Å². The number of rotatable bonds is 7. The molecule has 6 heteroatoms. The third-order valence-electron chi connectivity index (χ3n) is 3.51. The van der Waals surface area contributed by atoms with E-state index in [1.54, 1.807) is 0 Å². The molecule has 2 N–H and O–H groups in total. The summed E-state index contributed by atoms with van der Waals surface area (Å²) >= 11 is 1.24. The quantitative estimate of drug-likeness (QED) is 0.760. The predicted molar refractivity (Wildman–Crippen MR) is 73.8 cm³/mol. The van der Waals surface area contributed by atoms with E-state index >= 15 is 0 Å². The lowest BCUT2D eigenvalue weighted by Crippen LogP contribution is -2.56. The summed E-state index contributed by atoms with van der Waals surface area (Å²) in [5.41, 5.74) is -0.982. The lowest BCUT2D eigenvalue weighted by molar-refractivity contribution is -0.144. The zero-order chi connectivity index (χ0) is 14.8. The molecule has 0 radical (unpaired) electrons. The van der Waals surface area contributed by atoms with Gasteiger partial charge in [0.15, 0.2) is 11.6 Å². The third kappa shape index (κ3) is 3.12. The third-order valence-corrected chi connectivity index (χ3v) is 4.69. The monoisotopic (exact) mass is 301 g/mol. The van der Waals surface area contributed by atoms with Gasteiger partial charge in [0.1, 0.15) is 5.54 Å². The van der Waals surface area contributed by atoms with Crippen molar-refractivity contribution in [1.29, 1.82) is 0 Å². The van der Waals surface area contributed by atoms with Crippen LogP contribution < -0.4 is 5.32 Å². The van der Waals surface area contributed by atoms with Crippen molar-refractivity contribution in [3.63, 3.8) is 0 Å². The molecule has 1 atom stereocenters. The van der Waals surface area contributed by atoms with Gasteiger partial charge in [-0.05, 0) is 43.5 Å². The maximum absolute atomic E-state index is 13.2. The average molecular weight is 301 g/mol. The van der Waals surface area contributed by atoms with Gasteiger partial charge in [0.25, 0.3) is 0 Å². The molecule has 1 aliphatic rings. The Morgan fingerprint density at radius 3 is 2.65 bits per heavy atom. The van der Waals surface area contributed by atoms with Crippen LogP contribution in [0.2, 0.25) is 0 Å². The number of aliphatic carboxylic acids is 1. The molecular formula is C14H17F2NO2S. The Balaban J connectivity index is 2.11. The Labute approximate surface area is 120 Å². The molecule has 1 fully saturated rings. The van der Waals surface area contributed by atoms with E-state index in [2.05, 4.69) is 5.32 Å². The highest BCUT2D eigenvalue weighted by molar-refractivity contribution is 7.99. The first-order valence-electron chi connectivity index (χ1n) is 6.56. The number of halogens is 2. The second kappa shape index (κ2) is 6.10. The smallest absolute Gasteiger partial charge is 0.325 e. The van der Waals surface area contributed by atoms with Crippen molar-refractivity contribution < 1.29 is 18.7 Å². The van der Waals surface area contributed by atoms with E-state index in [0.29, 0.717) is 17.2 Å². The molecule has 1 saturated carbocycles. The molecule has 0 spiro atoms. The number of thioether (sulfide) groups is 1. The predicted octanol–water partition coefficient (Wildman–Crippen LogP) is 2.90. The fourth-order valence-electron chi connectivity index (χ4n) is 2.28. The topological polar surface area (TPSA) is 49.3 Å². The molecule has 1 aliphatic carbocycles. The Morgan fingerprint density at radius 1 is 1.45 bits per heavy atom. The molecule has 0 heterocycles. The molecule has 0 aromatic heterocycles. The van der Waals surface area contributed by atoms with Gasteiger partial charge in [-0.15, -0.1) is 11.8 Å². The van der Waals surface area contributed by atoms with Crippen LogP contribution in [0.25, 0.3) is 0 Å². The molecule has 1 unspecified atom stereocenters. The van der Waals surface area contributed by atoms with Crippen molar-refractivity contribution >= 4 is 17.7 Å². The zero-order valence-electron chi connectivity index (χ0n) is 11.2. The molecule has 0 bridgehead atoms. The number of hydrogen-bond acceptors (Lipinski definition) is 3. The Kier molecular flexibility index (Phi) is 4.65. The number of hydrogen-bond donors (Lipinski definition) is 2. The second-order valence-corrected chi connectivity index (χ2v) is 5.99. The van der Waals surface area contributed by atoms with Crippen LogP contribution in [0.4, 0.5) is 8.78 Å². The first kappa shape index (κ1) is 15.3. The second-order valence-electron chi connectivity index (χ2n) is 4.95. The molecule has 0 amide bonds. The van der Waals surface area contributed by atoms with Crippen LogP contribution in [0.15, 0.2) is 23.1 Å². The minimum Gasteiger partial charge on any atom is -0.480 e. The number of carbonyl (C=O) groups is 1. The summed E-state index contributed by atoms with van der Waals surface area (Å²) in [6.45, 7) is 2.42. The van der Waals surface area contributed by atoms with Crippen molar-refractivity contribution in [2.75, 3.05) is 12.3 Å². The van der Waals surface area contributed by atoms with Gasteiger partial charge in [0.2, 0.25) is 0 Å². The van der Waals surface area contributed by atoms with Crippen LogP contribution in [0.3, 0.4) is 0 Å². The molecular weight excluding hydrogens is 284 g/mol. The minimum atomic E-state index is -0.982. The summed E-state index contributed by atoms with van der Waals surface area (Å²) < 4.78 is 26.0. The van der Waals surface area contributed by atoms with Crippen LogP contribution in [-0.4, -0.2) is 28.9 Å². The van der Waals surface area contributed by atoms with E-state index in [-0.39, 0.29) is 5.92 Å².